The van der Waals surface area contributed by atoms with Gasteiger partial charge in [0.2, 0.25) is 5.88 Å². The van der Waals surface area contributed by atoms with Crippen LogP contribution in [0.15, 0.2) is 18.2 Å². The van der Waals surface area contributed by atoms with Crippen LogP contribution in [0.5, 0.6) is 5.88 Å². The average Bonchev–Trinajstić information content (AvgIpc) is 2.38. The number of rotatable bonds is 9. The van der Waals surface area contributed by atoms with Crippen molar-refractivity contribution in [2.75, 3.05) is 26.9 Å². The van der Waals surface area contributed by atoms with Crippen LogP contribution in [-0.2, 0) is 11.3 Å². The Kier molecular flexibility index (Phi) is 7.34. The summed E-state index contributed by atoms with van der Waals surface area (Å²) in [6.07, 6.45) is 2.12. The normalized spacial score (nSPS) is 10.5. The third-order valence-electron chi connectivity index (χ3n) is 2.29. The van der Waals surface area contributed by atoms with Crippen molar-refractivity contribution in [1.29, 1.82) is 0 Å². The minimum atomic E-state index is 0.663. The third-order valence-corrected chi connectivity index (χ3v) is 2.29. The zero-order chi connectivity index (χ0) is 12.3. The molecule has 0 spiro atoms. The van der Waals surface area contributed by atoms with E-state index in [4.69, 9.17) is 9.47 Å². The van der Waals surface area contributed by atoms with Gasteiger partial charge in [0.15, 0.2) is 0 Å². The van der Waals surface area contributed by atoms with E-state index in [2.05, 4.69) is 17.2 Å². The number of aromatic nitrogens is 1. The van der Waals surface area contributed by atoms with Crippen LogP contribution in [0, 0.1) is 0 Å². The number of nitrogens with one attached hydrogen (secondary N) is 1. The summed E-state index contributed by atoms with van der Waals surface area (Å²) in [6, 6.07) is 5.79. The zero-order valence-corrected chi connectivity index (χ0v) is 10.7. The highest BCUT2D eigenvalue weighted by molar-refractivity contribution is 5.15. The van der Waals surface area contributed by atoms with Crippen molar-refractivity contribution >= 4 is 0 Å². The molecule has 1 aromatic heterocycles. The van der Waals surface area contributed by atoms with E-state index in [1.165, 1.54) is 0 Å². The maximum Gasteiger partial charge on any atom is 0.213 e. The first kappa shape index (κ1) is 13.9. The molecule has 1 rings (SSSR count). The maximum absolute atomic E-state index is 5.40. The van der Waals surface area contributed by atoms with Gasteiger partial charge in [-0.3, -0.25) is 0 Å². The van der Waals surface area contributed by atoms with Gasteiger partial charge in [-0.15, -0.1) is 0 Å². The highest BCUT2D eigenvalue weighted by Crippen LogP contribution is 2.05. The molecule has 1 aromatic rings. The van der Waals surface area contributed by atoms with Gasteiger partial charge in [-0.1, -0.05) is 13.0 Å². The SMILES string of the molecule is CCCOCCCNCc1cccc(OC)n1. The lowest BCUT2D eigenvalue weighted by Gasteiger charge is -2.06. The summed E-state index contributed by atoms with van der Waals surface area (Å²) in [6.45, 7) is 5.52. The summed E-state index contributed by atoms with van der Waals surface area (Å²) in [7, 11) is 1.63. The van der Waals surface area contributed by atoms with Crippen LogP contribution in [0.1, 0.15) is 25.5 Å². The molecule has 0 aromatic carbocycles. The molecule has 0 saturated carbocycles. The Balaban J connectivity index is 2.09. The number of nitrogens with zero attached hydrogens (tertiary/aromatic N) is 1. The molecule has 0 radical (unpaired) electrons. The Morgan fingerprint density at radius 1 is 1.29 bits per heavy atom. The number of hydrogen-bond acceptors (Lipinski definition) is 4. The van der Waals surface area contributed by atoms with Crippen molar-refractivity contribution in [2.24, 2.45) is 0 Å². The van der Waals surface area contributed by atoms with Gasteiger partial charge in [0.25, 0.3) is 0 Å². The Bertz CT molecular complexity index is 305. The minimum absolute atomic E-state index is 0.663. The van der Waals surface area contributed by atoms with Crippen LogP contribution in [0.3, 0.4) is 0 Å². The van der Waals surface area contributed by atoms with E-state index < -0.39 is 0 Å². The molecule has 96 valence electrons. The van der Waals surface area contributed by atoms with Crippen molar-refractivity contribution in [3.05, 3.63) is 23.9 Å². The predicted molar refractivity (Wildman–Crippen MR) is 68.2 cm³/mol. The van der Waals surface area contributed by atoms with Crippen LogP contribution < -0.4 is 10.1 Å². The van der Waals surface area contributed by atoms with Gasteiger partial charge >= 0.3 is 0 Å². The standard InChI is InChI=1S/C13H22N2O2/c1-3-9-17-10-5-8-14-11-12-6-4-7-13(15-12)16-2/h4,6-7,14H,3,5,8-11H2,1-2H3. The van der Waals surface area contributed by atoms with E-state index in [0.717, 1.165) is 44.8 Å². The molecule has 1 heterocycles. The molecule has 4 heteroatoms. The smallest absolute Gasteiger partial charge is 0.213 e. The summed E-state index contributed by atoms with van der Waals surface area (Å²) >= 11 is 0. The van der Waals surface area contributed by atoms with Gasteiger partial charge in [-0.05, 0) is 25.5 Å². The molecule has 0 fully saturated rings. The summed E-state index contributed by atoms with van der Waals surface area (Å²) in [5, 5.41) is 3.33. The summed E-state index contributed by atoms with van der Waals surface area (Å²) in [5.41, 5.74) is 0.999. The van der Waals surface area contributed by atoms with Crippen LogP contribution in [0.4, 0.5) is 0 Å². The molecule has 0 saturated heterocycles. The fourth-order valence-electron chi connectivity index (χ4n) is 1.43. The first-order chi connectivity index (χ1) is 8.36. The van der Waals surface area contributed by atoms with Crippen molar-refractivity contribution in [3.63, 3.8) is 0 Å². The second-order valence-corrected chi connectivity index (χ2v) is 3.81. The van der Waals surface area contributed by atoms with Gasteiger partial charge in [0.05, 0.1) is 12.8 Å². The molecular weight excluding hydrogens is 216 g/mol. The molecule has 0 unspecified atom stereocenters. The van der Waals surface area contributed by atoms with Crippen LogP contribution >= 0.6 is 0 Å². The molecule has 0 amide bonds. The molecule has 4 nitrogen and oxygen atoms in total. The topological polar surface area (TPSA) is 43.4 Å². The minimum Gasteiger partial charge on any atom is -0.481 e. The Hall–Kier alpha value is -1.13. The predicted octanol–water partition coefficient (Wildman–Crippen LogP) is 2.00. The Morgan fingerprint density at radius 3 is 2.94 bits per heavy atom. The molecule has 1 N–H and O–H groups in total. The number of ether oxygens (including phenoxy) is 2. The fourth-order valence-corrected chi connectivity index (χ4v) is 1.43. The highest BCUT2D eigenvalue weighted by atomic mass is 16.5. The molecule has 0 aliphatic rings. The summed E-state index contributed by atoms with van der Waals surface area (Å²) in [4.78, 5) is 4.32. The van der Waals surface area contributed by atoms with Crippen molar-refractivity contribution in [2.45, 2.75) is 26.3 Å². The largest absolute Gasteiger partial charge is 0.481 e. The lowest BCUT2D eigenvalue weighted by atomic mass is 10.3. The zero-order valence-electron chi connectivity index (χ0n) is 10.7. The van der Waals surface area contributed by atoms with E-state index in [1.54, 1.807) is 7.11 Å². The van der Waals surface area contributed by atoms with Gasteiger partial charge in [-0.25, -0.2) is 4.98 Å². The second-order valence-electron chi connectivity index (χ2n) is 3.81. The number of methoxy groups -OCH3 is 1. The average molecular weight is 238 g/mol. The number of hydrogen-bond donors (Lipinski definition) is 1. The van der Waals surface area contributed by atoms with E-state index in [-0.39, 0.29) is 0 Å². The van der Waals surface area contributed by atoms with E-state index in [0.29, 0.717) is 5.88 Å². The lowest BCUT2D eigenvalue weighted by molar-refractivity contribution is 0.132. The maximum atomic E-state index is 5.40. The van der Waals surface area contributed by atoms with Gasteiger partial charge in [0.1, 0.15) is 0 Å². The molecule has 0 bridgehead atoms. The Morgan fingerprint density at radius 2 is 2.18 bits per heavy atom. The Labute approximate surface area is 103 Å². The van der Waals surface area contributed by atoms with E-state index in [9.17, 15) is 0 Å². The summed E-state index contributed by atoms with van der Waals surface area (Å²) < 4.78 is 10.5. The molecule has 17 heavy (non-hydrogen) atoms. The quantitative estimate of drug-likeness (QED) is 0.668. The van der Waals surface area contributed by atoms with Crippen LogP contribution in [0.25, 0.3) is 0 Å². The van der Waals surface area contributed by atoms with Crippen molar-refractivity contribution in [3.8, 4) is 5.88 Å². The van der Waals surface area contributed by atoms with Gasteiger partial charge in [0, 0.05) is 25.8 Å². The van der Waals surface area contributed by atoms with Crippen LogP contribution in [-0.4, -0.2) is 31.9 Å². The first-order valence-corrected chi connectivity index (χ1v) is 6.15. The third kappa shape index (κ3) is 6.24. The number of pyridine rings is 1. The van der Waals surface area contributed by atoms with E-state index in [1.807, 2.05) is 18.2 Å². The molecule has 0 atom stereocenters. The van der Waals surface area contributed by atoms with Gasteiger partial charge < -0.3 is 14.8 Å². The van der Waals surface area contributed by atoms with Gasteiger partial charge in [-0.2, -0.15) is 0 Å². The molecule has 0 aliphatic carbocycles. The first-order valence-electron chi connectivity index (χ1n) is 6.15. The molecule has 0 aliphatic heterocycles. The fraction of sp³-hybridized carbons (Fsp3) is 0.615. The monoisotopic (exact) mass is 238 g/mol. The lowest BCUT2D eigenvalue weighted by Crippen LogP contribution is -2.17. The van der Waals surface area contributed by atoms with Crippen molar-refractivity contribution in [1.82, 2.24) is 10.3 Å². The van der Waals surface area contributed by atoms with Crippen LogP contribution in [0.2, 0.25) is 0 Å². The molecular formula is C13H22N2O2. The van der Waals surface area contributed by atoms with Crippen molar-refractivity contribution < 1.29 is 9.47 Å². The second kappa shape index (κ2) is 8.96. The van der Waals surface area contributed by atoms with E-state index >= 15 is 0 Å². The highest BCUT2D eigenvalue weighted by Gasteiger charge is 1.96. The summed E-state index contributed by atoms with van der Waals surface area (Å²) in [5.74, 6) is 0.663.